The summed E-state index contributed by atoms with van der Waals surface area (Å²) < 4.78 is 27.8. The van der Waals surface area contributed by atoms with E-state index in [9.17, 15) is 4.79 Å². The fraction of sp³-hybridized carbons (Fsp3) is 0.269. The van der Waals surface area contributed by atoms with Crippen LogP contribution < -0.4 is 29.6 Å². The zero-order valence-corrected chi connectivity index (χ0v) is 21.0. The third kappa shape index (κ3) is 5.27. The summed E-state index contributed by atoms with van der Waals surface area (Å²) in [5, 5.41) is 10.0. The Bertz CT molecular complexity index is 1390. The van der Waals surface area contributed by atoms with Crippen LogP contribution in [0.25, 0.3) is 10.9 Å². The smallest absolute Gasteiger partial charge is 0.324 e. The van der Waals surface area contributed by atoms with Crippen LogP contribution in [0.1, 0.15) is 26.5 Å². The fourth-order valence-corrected chi connectivity index (χ4v) is 3.45. The molecule has 4 aromatic rings. The Morgan fingerprint density at radius 3 is 2.19 bits per heavy atom. The van der Waals surface area contributed by atoms with Gasteiger partial charge in [-0.25, -0.2) is 4.79 Å². The van der Waals surface area contributed by atoms with Gasteiger partial charge in [0.25, 0.3) is 0 Å². The summed E-state index contributed by atoms with van der Waals surface area (Å²) >= 11 is 0. The summed E-state index contributed by atoms with van der Waals surface area (Å²) in [6, 6.07) is 11.6. The number of urea groups is 1. The number of hydrogen-bond donors (Lipinski definition) is 2. The second kappa shape index (κ2) is 10.0. The predicted octanol–water partition coefficient (Wildman–Crippen LogP) is 5.98. The van der Waals surface area contributed by atoms with Crippen LogP contribution in [0.5, 0.6) is 28.7 Å². The van der Waals surface area contributed by atoms with Crippen molar-refractivity contribution in [3.63, 3.8) is 0 Å². The van der Waals surface area contributed by atoms with Crippen LogP contribution in [-0.4, -0.2) is 37.5 Å². The Kier molecular flexibility index (Phi) is 6.86. The minimum absolute atomic E-state index is 0.218. The predicted molar refractivity (Wildman–Crippen MR) is 136 cm³/mol. The number of nitrogens with one attached hydrogen (secondary N) is 2. The van der Waals surface area contributed by atoms with E-state index < -0.39 is 6.03 Å². The molecule has 2 aromatic carbocycles. The minimum Gasteiger partial charge on any atom is -0.493 e. The fourth-order valence-electron chi connectivity index (χ4n) is 3.45. The molecule has 36 heavy (non-hydrogen) atoms. The maximum atomic E-state index is 12.5. The summed E-state index contributed by atoms with van der Waals surface area (Å²) in [5.41, 5.74) is 0.966. The molecule has 10 nitrogen and oxygen atoms in total. The van der Waals surface area contributed by atoms with E-state index in [4.69, 9.17) is 23.5 Å². The molecule has 2 amide bonds. The van der Waals surface area contributed by atoms with Gasteiger partial charge in [0.15, 0.2) is 28.8 Å². The Hall–Kier alpha value is -4.47. The molecule has 0 radical (unpaired) electrons. The van der Waals surface area contributed by atoms with Gasteiger partial charge in [0, 0.05) is 40.9 Å². The van der Waals surface area contributed by atoms with Crippen LogP contribution in [0.3, 0.4) is 0 Å². The molecule has 4 rings (SSSR count). The van der Waals surface area contributed by atoms with Gasteiger partial charge in [0.05, 0.1) is 26.8 Å². The van der Waals surface area contributed by atoms with E-state index in [1.54, 1.807) is 62.9 Å². The number of carbonyl (C=O) groups excluding carboxylic acids is 1. The van der Waals surface area contributed by atoms with Crippen molar-refractivity contribution in [3.05, 3.63) is 54.4 Å². The van der Waals surface area contributed by atoms with E-state index in [0.717, 1.165) is 5.39 Å². The third-order valence-electron chi connectivity index (χ3n) is 5.34. The first kappa shape index (κ1) is 24.6. The van der Waals surface area contributed by atoms with E-state index in [1.807, 2.05) is 20.8 Å². The summed E-state index contributed by atoms with van der Waals surface area (Å²) in [6.45, 7) is 5.99. The van der Waals surface area contributed by atoms with Crippen molar-refractivity contribution < 1.29 is 28.3 Å². The highest BCUT2D eigenvalue weighted by molar-refractivity contribution is 5.99. The largest absolute Gasteiger partial charge is 0.493 e. The van der Waals surface area contributed by atoms with Crippen LogP contribution >= 0.6 is 0 Å². The first-order chi connectivity index (χ1) is 17.2. The SMILES string of the molecule is COc1cc2nccc(Oc3ccc(NC(=O)Nc4cc(C(C)(C)C)on4)cc3OC)c2cc1OC. The van der Waals surface area contributed by atoms with Gasteiger partial charge in [-0.2, -0.15) is 0 Å². The highest BCUT2D eigenvalue weighted by Crippen LogP contribution is 2.39. The van der Waals surface area contributed by atoms with Crippen molar-refractivity contribution >= 4 is 28.4 Å². The second-order valence-corrected chi connectivity index (χ2v) is 8.91. The van der Waals surface area contributed by atoms with Gasteiger partial charge in [0.1, 0.15) is 11.5 Å². The summed E-state index contributed by atoms with van der Waals surface area (Å²) in [4.78, 5) is 16.9. The molecular weight excluding hydrogens is 464 g/mol. The number of rotatable bonds is 7. The van der Waals surface area contributed by atoms with Crippen LogP contribution in [-0.2, 0) is 5.41 Å². The average Bonchev–Trinajstić information content (AvgIpc) is 3.33. The number of nitrogens with zero attached hydrogens (tertiary/aromatic N) is 2. The minimum atomic E-state index is -0.472. The van der Waals surface area contributed by atoms with Crippen molar-refractivity contribution in [2.75, 3.05) is 32.0 Å². The quantitative estimate of drug-likeness (QED) is 0.323. The number of methoxy groups -OCH3 is 3. The number of anilines is 2. The number of ether oxygens (including phenoxy) is 4. The lowest BCUT2D eigenvalue weighted by Gasteiger charge is -2.15. The first-order valence-electron chi connectivity index (χ1n) is 11.1. The van der Waals surface area contributed by atoms with E-state index in [0.29, 0.717) is 51.5 Å². The molecule has 0 aliphatic heterocycles. The van der Waals surface area contributed by atoms with Gasteiger partial charge in [-0.1, -0.05) is 25.9 Å². The maximum Gasteiger partial charge on any atom is 0.324 e. The van der Waals surface area contributed by atoms with Gasteiger partial charge in [-0.05, 0) is 24.3 Å². The summed E-state index contributed by atoms with van der Waals surface area (Å²) in [7, 11) is 4.66. The Balaban J connectivity index is 1.53. The Morgan fingerprint density at radius 2 is 1.53 bits per heavy atom. The Morgan fingerprint density at radius 1 is 0.833 bits per heavy atom. The molecule has 0 aliphatic carbocycles. The molecule has 0 saturated heterocycles. The van der Waals surface area contributed by atoms with E-state index in [1.165, 1.54) is 7.11 Å². The molecule has 0 fully saturated rings. The lowest BCUT2D eigenvalue weighted by molar-refractivity contribution is 0.262. The van der Waals surface area contributed by atoms with Gasteiger partial charge < -0.3 is 28.8 Å². The van der Waals surface area contributed by atoms with Crippen molar-refractivity contribution in [1.29, 1.82) is 0 Å². The number of pyridine rings is 1. The first-order valence-corrected chi connectivity index (χ1v) is 11.1. The number of aromatic nitrogens is 2. The summed E-state index contributed by atoms with van der Waals surface area (Å²) in [6.07, 6.45) is 1.64. The van der Waals surface area contributed by atoms with E-state index >= 15 is 0 Å². The van der Waals surface area contributed by atoms with Gasteiger partial charge in [-0.3, -0.25) is 10.3 Å². The standard InChI is InChI=1S/C26H28N4O6/c1-26(2,3)23-14-24(30-36-23)29-25(31)28-15-7-8-19(20(11-15)32-4)35-18-9-10-27-17-13-22(34-6)21(33-5)12-16(17)18/h7-14H,1-6H3,(H2,28,29,30,31). The van der Waals surface area contributed by atoms with Gasteiger partial charge >= 0.3 is 6.03 Å². The van der Waals surface area contributed by atoms with Crippen molar-refractivity contribution in [2.45, 2.75) is 26.2 Å². The molecule has 0 unspecified atom stereocenters. The second-order valence-electron chi connectivity index (χ2n) is 8.91. The lowest BCUT2D eigenvalue weighted by atomic mass is 9.93. The molecule has 10 heteroatoms. The zero-order chi connectivity index (χ0) is 25.9. The molecule has 0 bridgehead atoms. The number of benzene rings is 2. The monoisotopic (exact) mass is 492 g/mol. The normalized spacial score (nSPS) is 11.2. The van der Waals surface area contributed by atoms with Crippen molar-refractivity contribution in [3.8, 4) is 28.7 Å². The van der Waals surface area contributed by atoms with Crippen molar-refractivity contribution in [2.24, 2.45) is 0 Å². The molecule has 2 N–H and O–H groups in total. The van der Waals surface area contributed by atoms with Gasteiger partial charge in [0.2, 0.25) is 0 Å². The van der Waals surface area contributed by atoms with Crippen LogP contribution in [0.2, 0.25) is 0 Å². The molecule has 2 heterocycles. The number of fused-ring (bicyclic) bond motifs is 1. The third-order valence-corrected chi connectivity index (χ3v) is 5.34. The summed E-state index contributed by atoms with van der Waals surface area (Å²) in [5.74, 6) is 3.55. The van der Waals surface area contributed by atoms with Crippen LogP contribution in [0.4, 0.5) is 16.3 Å². The highest BCUT2D eigenvalue weighted by atomic mass is 16.5. The molecule has 0 spiro atoms. The zero-order valence-electron chi connectivity index (χ0n) is 21.0. The maximum absolute atomic E-state index is 12.5. The average molecular weight is 493 g/mol. The van der Waals surface area contributed by atoms with Crippen LogP contribution in [0.15, 0.2) is 53.2 Å². The van der Waals surface area contributed by atoms with E-state index in [2.05, 4.69) is 20.8 Å². The Labute approximate surface area is 208 Å². The van der Waals surface area contributed by atoms with E-state index in [-0.39, 0.29) is 5.41 Å². The highest BCUT2D eigenvalue weighted by Gasteiger charge is 2.20. The van der Waals surface area contributed by atoms with Crippen molar-refractivity contribution in [1.82, 2.24) is 10.1 Å². The molecule has 2 aromatic heterocycles. The molecule has 188 valence electrons. The molecular formula is C26H28N4O6. The van der Waals surface area contributed by atoms with Crippen LogP contribution in [0, 0.1) is 0 Å². The number of carbonyl (C=O) groups is 1. The van der Waals surface area contributed by atoms with Gasteiger partial charge in [-0.15, -0.1) is 0 Å². The molecule has 0 saturated carbocycles. The lowest BCUT2D eigenvalue weighted by Crippen LogP contribution is -2.19. The molecule has 0 aliphatic rings. The number of hydrogen-bond acceptors (Lipinski definition) is 8. The topological polar surface area (TPSA) is 117 Å². The molecule has 0 atom stereocenters. The number of amides is 2.